The van der Waals surface area contributed by atoms with Crippen LogP contribution in [-0.2, 0) is 13.6 Å². The van der Waals surface area contributed by atoms with Gasteiger partial charge in [-0.25, -0.2) is 0 Å². The highest BCUT2D eigenvalue weighted by Crippen LogP contribution is 2.02. The summed E-state index contributed by atoms with van der Waals surface area (Å²) in [7, 11) is 1.88. The van der Waals surface area contributed by atoms with Crippen molar-refractivity contribution in [3.8, 4) is 0 Å². The first-order valence-corrected chi connectivity index (χ1v) is 3.83. The van der Waals surface area contributed by atoms with Crippen LogP contribution in [0.25, 0.3) is 0 Å². The molecule has 0 bridgehead atoms. The van der Waals surface area contributed by atoms with Gasteiger partial charge in [0.15, 0.2) is 0 Å². The number of aryl methyl sites for hydroxylation is 1. The van der Waals surface area contributed by atoms with E-state index < -0.39 is 0 Å². The summed E-state index contributed by atoms with van der Waals surface area (Å²) in [5.41, 5.74) is 1.05. The molecule has 2 rings (SSSR count). The molecule has 0 fully saturated rings. The SMILES string of the molecule is Cn1nccc1CNc1nnco1. The van der Waals surface area contributed by atoms with Crippen LogP contribution in [0.3, 0.4) is 0 Å². The molecule has 0 atom stereocenters. The Bertz CT molecular complexity index is 366. The topological polar surface area (TPSA) is 68.8 Å². The summed E-state index contributed by atoms with van der Waals surface area (Å²) in [5, 5.41) is 14.2. The zero-order valence-electron chi connectivity index (χ0n) is 7.14. The van der Waals surface area contributed by atoms with Crippen molar-refractivity contribution in [1.82, 2.24) is 20.0 Å². The Morgan fingerprint density at radius 2 is 2.54 bits per heavy atom. The third kappa shape index (κ3) is 1.66. The Morgan fingerprint density at radius 1 is 1.62 bits per heavy atom. The van der Waals surface area contributed by atoms with Gasteiger partial charge >= 0.3 is 6.01 Å². The summed E-state index contributed by atoms with van der Waals surface area (Å²) in [6.07, 6.45) is 3.02. The second-order valence-corrected chi connectivity index (χ2v) is 2.54. The number of hydrogen-bond acceptors (Lipinski definition) is 5. The van der Waals surface area contributed by atoms with Gasteiger partial charge in [-0.05, 0) is 6.07 Å². The second kappa shape index (κ2) is 3.26. The second-order valence-electron chi connectivity index (χ2n) is 2.54. The Morgan fingerprint density at radius 3 is 3.15 bits per heavy atom. The lowest BCUT2D eigenvalue weighted by Crippen LogP contribution is -2.05. The van der Waals surface area contributed by atoms with Gasteiger partial charge in [0.2, 0.25) is 6.39 Å². The molecule has 0 spiro atoms. The molecule has 0 aliphatic rings. The predicted molar refractivity (Wildman–Crippen MR) is 44.8 cm³/mol. The van der Waals surface area contributed by atoms with Gasteiger partial charge in [-0.1, -0.05) is 5.10 Å². The lowest BCUT2D eigenvalue weighted by molar-refractivity contribution is 0.563. The average molecular weight is 179 g/mol. The number of anilines is 1. The normalized spacial score (nSPS) is 10.2. The summed E-state index contributed by atoms with van der Waals surface area (Å²) in [4.78, 5) is 0. The first-order valence-electron chi connectivity index (χ1n) is 3.83. The van der Waals surface area contributed by atoms with Crippen LogP contribution in [0.15, 0.2) is 23.1 Å². The summed E-state index contributed by atoms with van der Waals surface area (Å²) >= 11 is 0. The van der Waals surface area contributed by atoms with Crippen LogP contribution in [0, 0.1) is 0 Å². The summed E-state index contributed by atoms with van der Waals surface area (Å²) in [6, 6.07) is 2.34. The van der Waals surface area contributed by atoms with E-state index in [0.717, 1.165) is 5.69 Å². The summed E-state index contributed by atoms with van der Waals surface area (Å²) in [6.45, 7) is 0.624. The van der Waals surface area contributed by atoms with Gasteiger partial charge in [0.1, 0.15) is 0 Å². The molecule has 0 radical (unpaired) electrons. The van der Waals surface area contributed by atoms with E-state index in [-0.39, 0.29) is 0 Å². The zero-order chi connectivity index (χ0) is 9.10. The van der Waals surface area contributed by atoms with Crippen molar-refractivity contribution in [3.05, 3.63) is 24.4 Å². The number of hydrogen-bond donors (Lipinski definition) is 1. The molecule has 0 saturated heterocycles. The lowest BCUT2D eigenvalue weighted by atomic mass is 10.4. The fourth-order valence-electron chi connectivity index (χ4n) is 0.991. The number of rotatable bonds is 3. The molecule has 0 aliphatic heterocycles. The first-order chi connectivity index (χ1) is 6.36. The first kappa shape index (κ1) is 7.78. The van der Waals surface area contributed by atoms with Gasteiger partial charge in [0.25, 0.3) is 0 Å². The molecular weight excluding hydrogens is 170 g/mol. The van der Waals surface area contributed by atoms with E-state index in [1.165, 1.54) is 6.39 Å². The van der Waals surface area contributed by atoms with Crippen LogP contribution in [0.5, 0.6) is 0 Å². The molecule has 0 saturated carbocycles. The van der Waals surface area contributed by atoms with Crippen molar-refractivity contribution in [3.63, 3.8) is 0 Å². The Balaban J connectivity index is 1.97. The molecular formula is C7H9N5O. The highest BCUT2D eigenvalue weighted by atomic mass is 16.4. The van der Waals surface area contributed by atoms with Crippen molar-refractivity contribution in [2.24, 2.45) is 7.05 Å². The van der Waals surface area contributed by atoms with E-state index in [1.54, 1.807) is 10.9 Å². The van der Waals surface area contributed by atoms with Gasteiger partial charge in [-0.15, -0.1) is 5.10 Å². The minimum Gasteiger partial charge on any atom is -0.411 e. The van der Waals surface area contributed by atoms with Gasteiger partial charge in [-0.3, -0.25) is 4.68 Å². The van der Waals surface area contributed by atoms with Crippen LogP contribution < -0.4 is 5.32 Å². The van der Waals surface area contributed by atoms with Crippen LogP contribution in [0.4, 0.5) is 6.01 Å². The highest BCUT2D eigenvalue weighted by molar-refractivity contribution is 5.18. The maximum absolute atomic E-state index is 4.91. The number of aromatic nitrogens is 4. The van der Waals surface area contributed by atoms with Crippen molar-refractivity contribution < 1.29 is 4.42 Å². The molecule has 0 aliphatic carbocycles. The number of nitrogens with zero attached hydrogens (tertiary/aromatic N) is 4. The molecule has 68 valence electrons. The molecule has 1 N–H and O–H groups in total. The van der Waals surface area contributed by atoms with Crippen molar-refractivity contribution in [2.75, 3.05) is 5.32 Å². The van der Waals surface area contributed by atoms with E-state index in [4.69, 9.17) is 4.42 Å². The van der Waals surface area contributed by atoms with Gasteiger partial charge < -0.3 is 9.73 Å². The van der Waals surface area contributed by atoms with Crippen LogP contribution >= 0.6 is 0 Å². The quantitative estimate of drug-likeness (QED) is 0.739. The number of nitrogens with one attached hydrogen (secondary N) is 1. The van der Waals surface area contributed by atoms with E-state index >= 15 is 0 Å². The molecule has 6 heteroatoms. The Kier molecular flexibility index (Phi) is 1.95. The van der Waals surface area contributed by atoms with Gasteiger partial charge in [-0.2, -0.15) is 5.10 Å². The molecule has 2 aromatic rings. The monoisotopic (exact) mass is 179 g/mol. The summed E-state index contributed by atoms with van der Waals surface area (Å²) < 4.78 is 6.69. The smallest absolute Gasteiger partial charge is 0.315 e. The maximum Gasteiger partial charge on any atom is 0.315 e. The fourth-order valence-corrected chi connectivity index (χ4v) is 0.991. The molecule has 2 heterocycles. The average Bonchev–Trinajstić information content (AvgIpc) is 2.72. The van der Waals surface area contributed by atoms with Gasteiger partial charge in [0, 0.05) is 13.2 Å². The van der Waals surface area contributed by atoms with Crippen LogP contribution in [0.2, 0.25) is 0 Å². The molecule has 0 aromatic carbocycles. The molecule has 6 nitrogen and oxygen atoms in total. The van der Waals surface area contributed by atoms with E-state index in [2.05, 4.69) is 20.6 Å². The van der Waals surface area contributed by atoms with Crippen LogP contribution in [0.1, 0.15) is 5.69 Å². The van der Waals surface area contributed by atoms with Crippen molar-refractivity contribution >= 4 is 6.01 Å². The molecule has 13 heavy (non-hydrogen) atoms. The highest BCUT2D eigenvalue weighted by Gasteiger charge is 2.00. The maximum atomic E-state index is 4.91. The minimum absolute atomic E-state index is 0.418. The largest absolute Gasteiger partial charge is 0.411 e. The molecule has 2 aromatic heterocycles. The van der Waals surface area contributed by atoms with E-state index in [9.17, 15) is 0 Å². The van der Waals surface area contributed by atoms with Crippen molar-refractivity contribution in [2.45, 2.75) is 6.54 Å². The standard InChI is InChI=1S/C7H9N5O/c1-12-6(2-3-10-12)4-8-7-11-9-5-13-7/h2-3,5H,4H2,1H3,(H,8,11). The van der Waals surface area contributed by atoms with Crippen LogP contribution in [-0.4, -0.2) is 20.0 Å². The van der Waals surface area contributed by atoms with E-state index in [1.807, 2.05) is 13.1 Å². The minimum atomic E-state index is 0.418. The van der Waals surface area contributed by atoms with Gasteiger partial charge in [0.05, 0.1) is 12.2 Å². The zero-order valence-corrected chi connectivity index (χ0v) is 7.14. The lowest BCUT2D eigenvalue weighted by Gasteiger charge is -2.00. The predicted octanol–water partition coefficient (Wildman–Crippen LogP) is 0.415. The third-order valence-electron chi connectivity index (χ3n) is 1.70. The Hall–Kier alpha value is -1.85. The Labute approximate surface area is 74.6 Å². The molecule has 0 amide bonds. The van der Waals surface area contributed by atoms with Crippen molar-refractivity contribution in [1.29, 1.82) is 0 Å². The third-order valence-corrected chi connectivity index (χ3v) is 1.70. The fraction of sp³-hybridized carbons (Fsp3) is 0.286. The van der Waals surface area contributed by atoms with E-state index in [0.29, 0.717) is 12.6 Å². The summed E-state index contributed by atoms with van der Waals surface area (Å²) in [5.74, 6) is 0. The molecule has 0 unspecified atom stereocenters.